The molecule has 1 aliphatic heterocycles. The van der Waals surface area contributed by atoms with Crippen molar-refractivity contribution >= 4 is 34.2 Å². The monoisotopic (exact) mass is 304 g/mol. The topological polar surface area (TPSA) is 16.1 Å². The molecule has 0 saturated carbocycles. The van der Waals surface area contributed by atoms with E-state index in [0.717, 1.165) is 16.0 Å². The Labute approximate surface area is 128 Å². The molecule has 1 aromatic heterocycles. The number of rotatable bonds is 3. The SMILES string of the molecule is C=C(c1ccc(N2CCCCC2)cc1)c1cnc(Cl)s1. The Morgan fingerprint density at radius 1 is 1.15 bits per heavy atom. The van der Waals surface area contributed by atoms with Gasteiger partial charge >= 0.3 is 0 Å². The number of halogens is 1. The van der Waals surface area contributed by atoms with Crippen molar-refractivity contribution in [2.24, 2.45) is 0 Å². The zero-order chi connectivity index (χ0) is 13.9. The number of hydrogen-bond donors (Lipinski definition) is 0. The zero-order valence-corrected chi connectivity index (χ0v) is 12.9. The molecule has 0 aliphatic carbocycles. The lowest BCUT2D eigenvalue weighted by Gasteiger charge is -2.28. The predicted octanol–water partition coefficient (Wildman–Crippen LogP) is 4.85. The molecule has 0 amide bonds. The third-order valence-electron chi connectivity index (χ3n) is 3.71. The minimum Gasteiger partial charge on any atom is -0.372 e. The van der Waals surface area contributed by atoms with Crippen LogP contribution in [0.1, 0.15) is 29.7 Å². The Bertz CT molecular complexity index is 597. The fraction of sp³-hybridized carbons (Fsp3) is 0.312. The summed E-state index contributed by atoms with van der Waals surface area (Å²) in [5.41, 5.74) is 3.43. The second-order valence-electron chi connectivity index (χ2n) is 5.05. The summed E-state index contributed by atoms with van der Waals surface area (Å²) in [6.07, 6.45) is 5.74. The maximum Gasteiger partial charge on any atom is 0.184 e. The van der Waals surface area contributed by atoms with Crippen LogP contribution in [0, 0.1) is 0 Å². The van der Waals surface area contributed by atoms with Gasteiger partial charge in [0.15, 0.2) is 4.47 Å². The van der Waals surface area contributed by atoms with Crippen LogP contribution in [0.2, 0.25) is 4.47 Å². The summed E-state index contributed by atoms with van der Waals surface area (Å²) >= 11 is 7.35. The first-order chi connectivity index (χ1) is 9.74. The van der Waals surface area contributed by atoms with Gasteiger partial charge in [-0.2, -0.15) is 0 Å². The van der Waals surface area contributed by atoms with E-state index in [1.54, 1.807) is 6.20 Å². The number of aromatic nitrogens is 1. The molecule has 2 heterocycles. The lowest BCUT2D eigenvalue weighted by molar-refractivity contribution is 0.578. The number of benzene rings is 1. The summed E-state index contributed by atoms with van der Waals surface area (Å²) in [6.45, 7) is 6.49. The highest BCUT2D eigenvalue weighted by molar-refractivity contribution is 7.16. The van der Waals surface area contributed by atoms with Crippen molar-refractivity contribution in [2.45, 2.75) is 19.3 Å². The number of nitrogens with zero attached hydrogens (tertiary/aromatic N) is 2. The highest BCUT2D eigenvalue weighted by Gasteiger charge is 2.11. The molecular formula is C16H17ClN2S. The summed E-state index contributed by atoms with van der Waals surface area (Å²) in [5.74, 6) is 0. The lowest BCUT2D eigenvalue weighted by atomic mass is 10.0. The molecule has 0 N–H and O–H groups in total. The van der Waals surface area contributed by atoms with E-state index >= 15 is 0 Å². The van der Waals surface area contributed by atoms with Gasteiger partial charge in [-0.05, 0) is 42.5 Å². The van der Waals surface area contributed by atoms with Gasteiger partial charge in [0.05, 0.1) is 4.88 Å². The predicted molar refractivity (Wildman–Crippen MR) is 87.8 cm³/mol. The molecule has 3 rings (SSSR count). The minimum absolute atomic E-state index is 0.561. The molecule has 0 spiro atoms. The van der Waals surface area contributed by atoms with Gasteiger partial charge < -0.3 is 4.90 Å². The van der Waals surface area contributed by atoms with Gasteiger partial charge in [-0.15, -0.1) is 11.3 Å². The first-order valence-corrected chi connectivity index (χ1v) is 8.09. The van der Waals surface area contributed by atoms with Crippen LogP contribution < -0.4 is 4.90 Å². The Hall–Kier alpha value is -1.32. The molecule has 1 saturated heterocycles. The van der Waals surface area contributed by atoms with Crippen molar-refractivity contribution in [3.8, 4) is 0 Å². The Balaban J connectivity index is 1.77. The van der Waals surface area contributed by atoms with Crippen molar-refractivity contribution in [1.82, 2.24) is 4.98 Å². The van der Waals surface area contributed by atoms with Gasteiger partial charge in [-0.3, -0.25) is 0 Å². The van der Waals surface area contributed by atoms with Crippen molar-refractivity contribution in [2.75, 3.05) is 18.0 Å². The zero-order valence-electron chi connectivity index (χ0n) is 11.3. The van der Waals surface area contributed by atoms with E-state index in [1.165, 1.54) is 49.4 Å². The standard InChI is InChI=1S/C16H17ClN2S/c1-12(15-11-18-16(17)20-15)13-5-7-14(8-6-13)19-9-3-2-4-10-19/h5-8,11H,1-4,9-10H2. The van der Waals surface area contributed by atoms with E-state index in [1.807, 2.05) is 0 Å². The number of piperidine rings is 1. The van der Waals surface area contributed by atoms with Crippen molar-refractivity contribution in [3.63, 3.8) is 0 Å². The smallest absolute Gasteiger partial charge is 0.184 e. The van der Waals surface area contributed by atoms with Crippen LogP contribution in [0.25, 0.3) is 5.57 Å². The quantitative estimate of drug-likeness (QED) is 0.806. The number of thiazole rings is 1. The summed E-state index contributed by atoms with van der Waals surface area (Å²) in [7, 11) is 0. The highest BCUT2D eigenvalue weighted by atomic mass is 35.5. The molecule has 2 aromatic rings. The average molecular weight is 305 g/mol. The lowest BCUT2D eigenvalue weighted by Crippen LogP contribution is -2.29. The van der Waals surface area contributed by atoms with Crippen LogP contribution in [-0.4, -0.2) is 18.1 Å². The number of anilines is 1. The van der Waals surface area contributed by atoms with Gasteiger partial charge in [-0.1, -0.05) is 30.3 Å². The van der Waals surface area contributed by atoms with Gasteiger partial charge in [0, 0.05) is 25.0 Å². The molecule has 104 valence electrons. The molecule has 0 atom stereocenters. The summed E-state index contributed by atoms with van der Waals surface area (Å²) in [4.78, 5) is 7.56. The van der Waals surface area contributed by atoms with E-state index in [-0.39, 0.29) is 0 Å². The largest absolute Gasteiger partial charge is 0.372 e. The summed E-state index contributed by atoms with van der Waals surface area (Å²) < 4.78 is 0.561. The van der Waals surface area contributed by atoms with Gasteiger partial charge in [0.2, 0.25) is 0 Å². The highest BCUT2D eigenvalue weighted by Crippen LogP contribution is 2.30. The molecule has 1 fully saturated rings. The van der Waals surface area contributed by atoms with E-state index in [2.05, 4.69) is 40.7 Å². The van der Waals surface area contributed by atoms with Gasteiger partial charge in [0.25, 0.3) is 0 Å². The summed E-state index contributed by atoms with van der Waals surface area (Å²) in [6, 6.07) is 8.66. The number of hydrogen-bond acceptors (Lipinski definition) is 3. The molecule has 0 bridgehead atoms. The van der Waals surface area contributed by atoms with E-state index in [9.17, 15) is 0 Å². The molecule has 1 aromatic carbocycles. The molecule has 4 heteroatoms. The molecule has 0 radical (unpaired) electrons. The van der Waals surface area contributed by atoms with Crippen LogP contribution in [-0.2, 0) is 0 Å². The Morgan fingerprint density at radius 2 is 1.85 bits per heavy atom. The first-order valence-electron chi connectivity index (χ1n) is 6.90. The second-order valence-corrected chi connectivity index (χ2v) is 6.66. The Kier molecular flexibility index (Phi) is 4.08. The molecule has 0 unspecified atom stereocenters. The van der Waals surface area contributed by atoms with Crippen LogP contribution in [0.15, 0.2) is 37.0 Å². The average Bonchev–Trinajstić information content (AvgIpc) is 2.94. The normalized spacial score (nSPS) is 15.3. The van der Waals surface area contributed by atoms with E-state index in [4.69, 9.17) is 11.6 Å². The molecule has 2 nitrogen and oxygen atoms in total. The van der Waals surface area contributed by atoms with E-state index < -0.39 is 0 Å². The van der Waals surface area contributed by atoms with Crippen LogP contribution in [0.3, 0.4) is 0 Å². The Morgan fingerprint density at radius 3 is 2.45 bits per heavy atom. The maximum atomic E-state index is 5.88. The summed E-state index contributed by atoms with van der Waals surface area (Å²) in [5, 5.41) is 0. The fourth-order valence-corrected chi connectivity index (χ4v) is 3.49. The van der Waals surface area contributed by atoms with Gasteiger partial charge in [-0.25, -0.2) is 4.98 Å². The van der Waals surface area contributed by atoms with E-state index in [0.29, 0.717) is 4.47 Å². The molecule has 1 aliphatic rings. The van der Waals surface area contributed by atoms with Crippen molar-refractivity contribution < 1.29 is 0 Å². The van der Waals surface area contributed by atoms with Crippen LogP contribution in [0.4, 0.5) is 5.69 Å². The molecular weight excluding hydrogens is 288 g/mol. The van der Waals surface area contributed by atoms with Crippen molar-refractivity contribution in [1.29, 1.82) is 0 Å². The second kappa shape index (κ2) is 5.98. The van der Waals surface area contributed by atoms with Crippen molar-refractivity contribution in [3.05, 3.63) is 51.9 Å². The van der Waals surface area contributed by atoms with Crippen LogP contribution in [0.5, 0.6) is 0 Å². The van der Waals surface area contributed by atoms with Crippen LogP contribution >= 0.6 is 22.9 Å². The van der Waals surface area contributed by atoms with Gasteiger partial charge in [0.1, 0.15) is 0 Å². The third kappa shape index (κ3) is 2.89. The first kappa shape index (κ1) is 13.7. The maximum absolute atomic E-state index is 5.88. The minimum atomic E-state index is 0.561. The third-order valence-corrected chi connectivity index (χ3v) is 4.89. The fourth-order valence-electron chi connectivity index (χ4n) is 2.56. The molecule has 20 heavy (non-hydrogen) atoms.